The Morgan fingerprint density at radius 2 is 1.89 bits per heavy atom. The summed E-state index contributed by atoms with van der Waals surface area (Å²) in [5.41, 5.74) is 5.34. The number of allylic oxidation sites excluding steroid dienone is 1. The van der Waals surface area contributed by atoms with E-state index in [0.29, 0.717) is 23.9 Å². The Morgan fingerprint density at radius 3 is 2.63 bits per heavy atom. The standard InChI is InChI=1S/C29H26N2O4/c1-5-33-28-19(4)29-24(15-23(28)17(2)12-27(32)30-26-13-18(3)35-31-26)25(16-34-29)22-11-10-20-8-6-7-9-21(20)14-22/h6-16H,5H2,1-4H3,(H,30,31,32)/b17-12+. The molecule has 0 spiro atoms. The van der Waals surface area contributed by atoms with Crippen LogP contribution in [-0.4, -0.2) is 17.7 Å². The average molecular weight is 467 g/mol. The monoisotopic (exact) mass is 466 g/mol. The number of aryl methyl sites for hydroxylation is 2. The van der Waals surface area contributed by atoms with Crippen LogP contribution in [0, 0.1) is 13.8 Å². The van der Waals surface area contributed by atoms with Crippen molar-refractivity contribution in [2.45, 2.75) is 27.7 Å². The molecule has 35 heavy (non-hydrogen) atoms. The van der Waals surface area contributed by atoms with Crippen LogP contribution in [0.15, 0.2) is 75.9 Å². The first-order chi connectivity index (χ1) is 16.9. The summed E-state index contributed by atoms with van der Waals surface area (Å²) in [6.45, 7) is 8.08. The van der Waals surface area contributed by atoms with Gasteiger partial charge >= 0.3 is 0 Å². The Hall–Kier alpha value is -4.32. The molecule has 0 unspecified atom stereocenters. The molecule has 176 valence electrons. The highest BCUT2D eigenvalue weighted by Crippen LogP contribution is 2.41. The normalized spacial score (nSPS) is 11.8. The minimum atomic E-state index is -0.294. The van der Waals surface area contributed by atoms with Crippen molar-refractivity contribution in [2.75, 3.05) is 11.9 Å². The SMILES string of the molecule is CCOc1c(/C(C)=C/C(=O)Nc2cc(C)on2)cc2c(-c3ccc4ccccc4c3)coc2c1C. The van der Waals surface area contributed by atoms with Crippen molar-refractivity contribution in [3.8, 4) is 16.9 Å². The van der Waals surface area contributed by atoms with Crippen molar-refractivity contribution in [3.05, 3.63) is 83.8 Å². The molecule has 0 saturated carbocycles. The maximum Gasteiger partial charge on any atom is 0.249 e. The van der Waals surface area contributed by atoms with Crippen LogP contribution < -0.4 is 10.1 Å². The summed E-state index contributed by atoms with van der Waals surface area (Å²) in [7, 11) is 0. The zero-order valence-corrected chi connectivity index (χ0v) is 20.1. The molecule has 3 aromatic carbocycles. The molecule has 5 rings (SSSR count). The molecule has 2 heterocycles. The number of rotatable bonds is 6. The van der Waals surface area contributed by atoms with Crippen LogP contribution >= 0.6 is 0 Å². The molecule has 0 radical (unpaired) electrons. The van der Waals surface area contributed by atoms with E-state index in [-0.39, 0.29) is 5.91 Å². The molecule has 0 aliphatic rings. The van der Waals surface area contributed by atoms with Gasteiger partial charge < -0.3 is 19.0 Å². The lowest BCUT2D eigenvalue weighted by atomic mass is 9.95. The van der Waals surface area contributed by atoms with Crippen LogP contribution in [0.3, 0.4) is 0 Å². The third-order valence-electron chi connectivity index (χ3n) is 6.04. The second kappa shape index (κ2) is 9.14. The van der Waals surface area contributed by atoms with Gasteiger partial charge in [0.1, 0.15) is 17.1 Å². The molecule has 0 fully saturated rings. The van der Waals surface area contributed by atoms with Gasteiger partial charge in [0.15, 0.2) is 5.82 Å². The van der Waals surface area contributed by atoms with Crippen molar-refractivity contribution in [3.63, 3.8) is 0 Å². The summed E-state index contributed by atoms with van der Waals surface area (Å²) in [6.07, 6.45) is 3.34. The van der Waals surface area contributed by atoms with E-state index in [1.54, 1.807) is 25.3 Å². The number of anilines is 1. The lowest BCUT2D eigenvalue weighted by Gasteiger charge is -2.15. The van der Waals surface area contributed by atoms with E-state index >= 15 is 0 Å². The summed E-state index contributed by atoms with van der Waals surface area (Å²) in [5.74, 6) is 1.42. The summed E-state index contributed by atoms with van der Waals surface area (Å²) in [6, 6.07) is 18.4. The minimum absolute atomic E-state index is 0.294. The maximum atomic E-state index is 12.7. The van der Waals surface area contributed by atoms with Crippen LogP contribution in [0.25, 0.3) is 38.4 Å². The van der Waals surface area contributed by atoms with E-state index in [2.05, 4.69) is 40.8 Å². The zero-order chi connectivity index (χ0) is 24.5. The fourth-order valence-corrected chi connectivity index (χ4v) is 4.38. The number of nitrogens with one attached hydrogen (secondary N) is 1. The third-order valence-corrected chi connectivity index (χ3v) is 6.04. The van der Waals surface area contributed by atoms with Gasteiger partial charge in [-0.25, -0.2) is 0 Å². The lowest BCUT2D eigenvalue weighted by Crippen LogP contribution is -2.09. The zero-order valence-electron chi connectivity index (χ0n) is 20.1. The van der Waals surface area contributed by atoms with Gasteiger partial charge in [0.05, 0.1) is 12.9 Å². The van der Waals surface area contributed by atoms with E-state index in [4.69, 9.17) is 13.7 Å². The van der Waals surface area contributed by atoms with Crippen LogP contribution in [0.1, 0.15) is 30.7 Å². The molecular weight excluding hydrogens is 440 g/mol. The number of hydrogen-bond donors (Lipinski definition) is 1. The number of carbonyl (C=O) groups is 1. The molecule has 0 saturated heterocycles. The van der Waals surface area contributed by atoms with Crippen molar-refractivity contribution < 1.29 is 18.5 Å². The third kappa shape index (κ3) is 4.30. The van der Waals surface area contributed by atoms with E-state index < -0.39 is 0 Å². The number of ether oxygens (including phenoxy) is 1. The number of amides is 1. The number of fused-ring (bicyclic) bond motifs is 2. The number of carbonyl (C=O) groups excluding carboxylic acids is 1. The molecule has 1 amide bonds. The quantitative estimate of drug-likeness (QED) is 0.266. The Labute approximate surface area is 203 Å². The van der Waals surface area contributed by atoms with E-state index in [0.717, 1.165) is 44.2 Å². The van der Waals surface area contributed by atoms with E-state index in [9.17, 15) is 4.79 Å². The molecule has 0 aliphatic heterocycles. The highest BCUT2D eigenvalue weighted by atomic mass is 16.5. The van der Waals surface area contributed by atoms with Crippen molar-refractivity contribution in [2.24, 2.45) is 0 Å². The van der Waals surface area contributed by atoms with Gasteiger partial charge in [-0.05, 0) is 61.7 Å². The van der Waals surface area contributed by atoms with Gasteiger partial charge in [-0.2, -0.15) is 0 Å². The summed E-state index contributed by atoms with van der Waals surface area (Å²) >= 11 is 0. The van der Waals surface area contributed by atoms with Gasteiger partial charge in [0.2, 0.25) is 5.91 Å². The molecule has 0 atom stereocenters. The summed E-state index contributed by atoms with van der Waals surface area (Å²) in [5, 5.41) is 9.88. The maximum absolute atomic E-state index is 12.7. The number of nitrogens with zero attached hydrogens (tertiary/aromatic N) is 1. The first-order valence-electron chi connectivity index (χ1n) is 11.5. The Bertz CT molecular complexity index is 1590. The predicted octanol–water partition coefficient (Wildman–Crippen LogP) is 7.30. The predicted molar refractivity (Wildman–Crippen MR) is 139 cm³/mol. The Morgan fingerprint density at radius 1 is 1.09 bits per heavy atom. The fraction of sp³-hybridized carbons (Fsp3) is 0.172. The van der Waals surface area contributed by atoms with Gasteiger partial charge in [-0.15, -0.1) is 0 Å². The van der Waals surface area contributed by atoms with Crippen molar-refractivity contribution >= 4 is 39.0 Å². The lowest BCUT2D eigenvalue weighted by molar-refractivity contribution is -0.111. The van der Waals surface area contributed by atoms with E-state index in [1.165, 1.54) is 5.39 Å². The second-order valence-corrected chi connectivity index (χ2v) is 8.54. The molecule has 0 aliphatic carbocycles. The summed E-state index contributed by atoms with van der Waals surface area (Å²) in [4.78, 5) is 12.7. The number of furan rings is 1. The van der Waals surface area contributed by atoms with Crippen LogP contribution in [0.5, 0.6) is 5.75 Å². The van der Waals surface area contributed by atoms with Crippen LogP contribution in [0.2, 0.25) is 0 Å². The molecule has 6 heteroatoms. The Kier molecular flexibility index (Phi) is 5.87. The van der Waals surface area contributed by atoms with Gasteiger partial charge in [-0.1, -0.05) is 41.6 Å². The molecule has 2 aromatic heterocycles. The largest absolute Gasteiger partial charge is 0.493 e. The molecular formula is C29H26N2O4. The molecule has 1 N–H and O–H groups in total. The number of benzene rings is 3. The summed E-state index contributed by atoms with van der Waals surface area (Å²) < 4.78 is 17.1. The van der Waals surface area contributed by atoms with Crippen molar-refractivity contribution in [1.29, 1.82) is 0 Å². The van der Waals surface area contributed by atoms with Crippen LogP contribution in [-0.2, 0) is 4.79 Å². The van der Waals surface area contributed by atoms with Gasteiger partial charge in [-0.3, -0.25) is 4.79 Å². The molecule has 0 bridgehead atoms. The van der Waals surface area contributed by atoms with Crippen molar-refractivity contribution in [1.82, 2.24) is 5.16 Å². The second-order valence-electron chi connectivity index (χ2n) is 8.54. The number of aromatic nitrogens is 1. The Balaban J connectivity index is 1.60. The minimum Gasteiger partial charge on any atom is -0.493 e. The molecule has 5 aromatic rings. The first kappa shape index (κ1) is 22.5. The first-order valence-corrected chi connectivity index (χ1v) is 11.5. The van der Waals surface area contributed by atoms with Gasteiger partial charge in [0, 0.05) is 34.2 Å². The highest BCUT2D eigenvalue weighted by molar-refractivity contribution is 6.06. The van der Waals surface area contributed by atoms with Gasteiger partial charge in [0.25, 0.3) is 0 Å². The average Bonchev–Trinajstić information content (AvgIpc) is 3.46. The highest BCUT2D eigenvalue weighted by Gasteiger charge is 2.19. The van der Waals surface area contributed by atoms with E-state index in [1.807, 2.05) is 39.0 Å². The molecule has 6 nitrogen and oxygen atoms in total. The topological polar surface area (TPSA) is 77.5 Å². The van der Waals surface area contributed by atoms with Crippen LogP contribution in [0.4, 0.5) is 5.82 Å². The number of hydrogen-bond acceptors (Lipinski definition) is 5. The smallest absolute Gasteiger partial charge is 0.249 e. The fourth-order valence-electron chi connectivity index (χ4n) is 4.38.